The standard InChI is InChI=1S/C12H21N3/c1-4-11(2)10-14-5-7-15(8-6-14)12(3)9-13/h12H,2,4-8,10H2,1,3H3. The van der Waals surface area contributed by atoms with Gasteiger partial charge in [-0.25, -0.2) is 0 Å². The van der Waals surface area contributed by atoms with Gasteiger partial charge in [0, 0.05) is 32.7 Å². The number of hydrogen-bond acceptors (Lipinski definition) is 3. The second-order valence-electron chi connectivity index (χ2n) is 4.22. The van der Waals surface area contributed by atoms with Gasteiger partial charge in [0.15, 0.2) is 0 Å². The maximum absolute atomic E-state index is 8.82. The molecule has 0 saturated carbocycles. The van der Waals surface area contributed by atoms with Crippen molar-refractivity contribution in [3.05, 3.63) is 12.2 Å². The van der Waals surface area contributed by atoms with Crippen molar-refractivity contribution in [3.63, 3.8) is 0 Å². The lowest BCUT2D eigenvalue weighted by molar-refractivity contribution is 0.126. The summed E-state index contributed by atoms with van der Waals surface area (Å²) in [5.41, 5.74) is 1.30. The van der Waals surface area contributed by atoms with Crippen LogP contribution in [-0.2, 0) is 0 Å². The number of nitriles is 1. The Morgan fingerprint density at radius 2 is 2.00 bits per heavy atom. The summed E-state index contributed by atoms with van der Waals surface area (Å²) in [6.45, 7) is 13.3. The van der Waals surface area contributed by atoms with E-state index in [1.54, 1.807) is 0 Å². The second kappa shape index (κ2) is 5.89. The molecule has 1 aliphatic rings. The van der Waals surface area contributed by atoms with Crippen LogP contribution in [0.3, 0.4) is 0 Å². The highest BCUT2D eigenvalue weighted by Gasteiger charge is 2.20. The summed E-state index contributed by atoms with van der Waals surface area (Å²) < 4.78 is 0. The van der Waals surface area contributed by atoms with Gasteiger partial charge in [-0.1, -0.05) is 19.1 Å². The molecular formula is C12H21N3. The molecule has 1 fully saturated rings. The van der Waals surface area contributed by atoms with E-state index >= 15 is 0 Å². The molecule has 1 heterocycles. The topological polar surface area (TPSA) is 30.3 Å². The van der Waals surface area contributed by atoms with Crippen LogP contribution in [0.5, 0.6) is 0 Å². The Hall–Kier alpha value is -0.850. The van der Waals surface area contributed by atoms with Crippen LogP contribution in [0, 0.1) is 11.3 Å². The van der Waals surface area contributed by atoms with Crippen molar-refractivity contribution in [2.24, 2.45) is 0 Å². The van der Waals surface area contributed by atoms with Gasteiger partial charge in [-0.05, 0) is 13.3 Å². The molecule has 1 unspecified atom stereocenters. The number of piperazine rings is 1. The predicted molar refractivity (Wildman–Crippen MR) is 62.5 cm³/mol. The van der Waals surface area contributed by atoms with Gasteiger partial charge in [0.1, 0.15) is 0 Å². The Kier molecular flexibility index (Phi) is 4.80. The van der Waals surface area contributed by atoms with Gasteiger partial charge in [0.05, 0.1) is 12.1 Å². The number of hydrogen-bond donors (Lipinski definition) is 0. The van der Waals surface area contributed by atoms with Crippen LogP contribution >= 0.6 is 0 Å². The zero-order chi connectivity index (χ0) is 11.3. The average Bonchev–Trinajstić information content (AvgIpc) is 2.29. The summed E-state index contributed by atoms with van der Waals surface area (Å²) in [6, 6.07) is 2.35. The van der Waals surface area contributed by atoms with Gasteiger partial charge in [-0.3, -0.25) is 9.80 Å². The lowest BCUT2D eigenvalue weighted by Crippen LogP contribution is -2.49. The number of nitrogens with zero attached hydrogens (tertiary/aromatic N) is 3. The number of rotatable bonds is 4. The van der Waals surface area contributed by atoms with E-state index in [0.717, 1.165) is 39.1 Å². The molecule has 15 heavy (non-hydrogen) atoms. The fourth-order valence-electron chi connectivity index (χ4n) is 1.82. The van der Waals surface area contributed by atoms with Crippen LogP contribution < -0.4 is 0 Å². The highest BCUT2D eigenvalue weighted by molar-refractivity contribution is 4.97. The molecule has 0 aromatic carbocycles. The van der Waals surface area contributed by atoms with Crippen LogP contribution in [0.25, 0.3) is 0 Å². The molecule has 3 heteroatoms. The van der Waals surface area contributed by atoms with E-state index in [0.29, 0.717) is 0 Å². The highest BCUT2D eigenvalue weighted by Crippen LogP contribution is 2.08. The van der Waals surface area contributed by atoms with E-state index < -0.39 is 0 Å². The molecule has 0 spiro atoms. The van der Waals surface area contributed by atoms with Gasteiger partial charge in [0.25, 0.3) is 0 Å². The van der Waals surface area contributed by atoms with Crippen molar-refractivity contribution in [1.29, 1.82) is 5.26 Å². The molecule has 1 atom stereocenters. The SMILES string of the molecule is C=C(CC)CN1CCN(C(C)C#N)CC1. The van der Waals surface area contributed by atoms with E-state index in [9.17, 15) is 0 Å². The predicted octanol–water partition coefficient (Wildman–Crippen LogP) is 1.48. The first-order chi connectivity index (χ1) is 7.17. The van der Waals surface area contributed by atoms with Crippen molar-refractivity contribution in [2.75, 3.05) is 32.7 Å². The van der Waals surface area contributed by atoms with Gasteiger partial charge >= 0.3 is 0 Å². The Morgan fingerprint density at radius 1 is 1.40 bits per heavy atom. The van der Waals surface area contributed by atoms with Crippen LogP contribution in [0.4, 0.5) is 0 Å². The summed E-state index contributed by atoms with van der Waals surface area (Å²) in [5.74, 6) is 0. The monoisotopic (exact) mass is 207 g/mol. The third-order valence-corrected chi connectivity index (χ3v) is 3.09. The molecule has 0 aromatic heterocycles. The lowest BCUT2D eigenvalue weighted by atomic mass is 10.2. The molecule has 0 aromatic rings. The van der Waals surface area contributed by atoms with Gasteiger partial charge in [0.2, 0.25) is 0 Å². The van der Waals surface area contributed by atoms with Crippen molar-refractivity contribution in [1.82, 2.24) is 9.80 Å². The molecule has 0 aliphatic carbocycles. The first-order valence-corrected chi connectivity index (χ1v) is 5.70. The molecule has 84 valence electrons. The zero-order valence-corrected chi connectivity index (χ0v) is 9.87. The molecule has 1 rings (SSSR count). The molecule has 0 radical (unpaired) electrons. The van der Waals surface area contributed by atoms with Crippen molar-refractivity contribution in [2.45, 2.75) is 26.3 Å². The van der Waals surface area contributed by atoms with Gasteiger partial charge in [-0.15, -0.1) is 0 Å². The summed E-state index contributed by atoms with van der Waals surface area (Å²) in [6.07, 6.45) is 1.06. The summed E-state index contributed by atoms with van der Waals surface area (Å²) >= 11 is 0. The first-order valence-electron chi connectivity index (χ1n) is 5.70. The molecule has 0 N–H and O–H groups in total. The minimum absolute atomic E-state index is 0.0570. The third kappa shape index (κ3) is 3.65. The minimum Gasteiger partial charge on any atom is -0.297 e. The molecule has 0 amide bonds. The van der Waals surface area contributed by atoms with Crippen molar-refractivity contribution >= 4 is 0 Å². The molecule has 1 aliphatic heterocycles. The lowest BCUT2D eigenvalue weighted by Gasteiger charge is -2.36. The maximum atomic E-state index is 8.82. The molecule has 3 nitrogen and oxygen atoms in total. The molecular weight excluding hydrogens is 186 g/mol. The Balaban J connectivity index is 2.30. The molecule has 1 saturated heterocycles. The Labute approximate surface area is 93.0 Å². The van der Waals surface area contributed by atoms with Crippen LogP contribution in [0.15, 0.2) is 12.2 Å². The smallest absolute Gasteiger partial charge is 0.0950 e. The molecule has 0 bridgehead atoms. The van der Waals surface area contributed by atoms with Crippen molar-refractivity contribution in [3.8, 4) is 6.07 Å². The summed E-state index contributed by atoms with van der Waals surface area (Å²) in [7, 11) is 0. The van der Waals surface area contributed by atoms with Gasteiger partial charge in [-0.2, -0.15) is 5.26 Å². The van der Waals surface area contributed by atoms with E-state index in [-0.39, 0.29) is 6.04 Å². The third-order valence-electron chi connectivity index (χ3n) is 3.09. The van der Waals surface area contributed by atoms with E-state index in [1.807, 2.05) is 6.92 Å². The average molecular weight is 207 g/mol. The van der Waals surface area contributed by atoms with E-state index in [1.165, 1.54) is 5.57 Å². The fraction of sp³-hybridized carbons (Fsp3) is 0.750. The largest absolute Gasteiger partial charge is 0.297 e. The second-order valence-corrected chi connectivity index (χ2v) is 4.22. The van der Waals surface area contributed by atoms with Gasteiger partial charge < -0.3 is 0 Å². The fourth-order valence-corrected chi connectivity index (χ4v) is 1.82. The van der Waals surface area contributed by atoms with Crippen LogP contribution in [0.1, 0.15) is 20.3 Å². The zero-order valence-electron chi connectivity index (χ0n) is 9.87. The highest BCUT2D eigenvalue weighted by atomic mass is 15.3. The first kappa shape index (κ1) is 12.2. The van der Waals surface area contributed by atoms with Crippen molar-refractivity contribution < 1.29 is 0 Å². The normalized spacial score (nSPS) is 20.9. The summed E-state index contributed by atoms with van der Waals surface area (Å²) in [5, 5.41) is 8.82. The quantitative estimate of drug-likeness (QED) is 0.654. The van der Waals surface area contributed by atoms with E-state index in [4.69, 9.17) is 5.26 Å². The Bertz CT molecular complexity index is 246. The summed E-state index contributed by atoms with van der Waals surface area (Å²) in [4.78, 5) is 4.66. The minimum atomic E-state index is 0.0570. The maximum Gasteiger partial charge on any atom is 0.0950 e. The van der Waals surface area contributed by atoms with Crippen LogP contribution in [0.2, 0.25) is 0 Å². The van der Waals surface area contributed by atoms with E-state index in [2.05, 4.69) is 29.4 Å². The van der Waals surface area contributed by atoms with Crippen LogP contribution in [-0.4, -0.2) is 48.6 Å². The Morgan fingerprint density at radius 3 is 2.47 bits per heavy atom.